The molecule has 3 aromatic rings. The molecule has 1 aromatic heterocycles. The maximum absolute atomic E-state index is 10.7. The number of benzene rings is 2. The summed E-state index contributed by atoms with van der Waals surface area (Å²) in [6.45, 7) is 3.71. The SMILES string of the molecule is Cc1ccc(C(C)(O)c2nc3ccccc3o2)cc1. The Hall–Kier alpha value is -2.13. The average molecular weight is 253 g/mol. The number of nitrogens with zero attached hydrogens (tertiary/aromatic N) is 1. The molecule has 1 heterocycles. The number of oxazole rings is 1. The Morgan fingerprint density at radius 1 is 1.05 bits per heavy atom. The van der Waals surface area contributed by atoms with Crippen molar-refractivity contribution >= 4 is 11.1 Å². The maximum Gasteiger partial charge on any atom is 0.231 e. The largest absolute Gasteiger partial charge is 0.437 e. The molecule has 2 aromatic carbocycles. The van der Waals surface area contributed by atoms with Gasteiger partial charge in [-0.3, -0.25) is 0 Å². The van der Waals surface area contributed by atoms with E-state index in [4.69, 9.17) is 4.42 Å². The second kappa shape index (κ2) is 4.21. The fourth-order valence-electron chi connectivity index (χ4n) is 2.08. The quantitative estimate of drug-likeness (QED) is 0.761. The lowest BCUT2D eigenvalue weighted by molar-refractivity contribution is 0.0727. The molecule has 3 nitrogen and oxygen atoms in total. The minimum Gasteiger partial charge on any atom is -0.437 e. The lowest BCUT2D eigenvalue weighted by Crippen LogP contribution is -2.23. The van der Waals surface area contributed by atoms with Crippen molar-refractivity contribution < 1.29 is 9.52 Å². The van der Waals surface area contributed by atoms with Crippen LogP contribution in [-0.4, -0.2) is 10.1 Å². The first-order valence-corrected chi connectivity index (χ1v) is 6.23. The zero-order chi connectivity index (χ0) is 13.5. The first-order valence-electron chi connectivity index (χ1n) is 6.23. The molecule has 19 heavy (non-hydrogen) atoms. The number of fused-ring (bicyclic) bond motifs is 1. The standard InChI is InChI=1S/C16H15NO2/c1-11-7-9-12(10-8-11)16(2,18)15-17-13-5-3-4-6-14(13)19-15/h3-10,18H,1-2H3. The van der Waals surface area contributed by atoms with E-state index in [-0.39, 0.29) is 0 Å². The summed E-state index contributed by atoms with van der Waals surface area (Å²) in [6, 6.07) is 15.2. The first-order chi connectivity index (χ1) is 9.07. The summed E-state index contributed by atoms with van der Waals surface area (Å²) in [7, 11) is 0. The van der Waals surface area contributed by atoms with E-state index in [1.807, 2.05) is 55.5 Å². The van der Waals surface area contributed by atoms with Gasteiger partial charge in [-0.05, 0) is 31.5 Å². The molecule has 0 saturated heterocycles. The molecular weight excluding hydrogens is 238 g/mol. The summed E-state index contributed by atoms with van der Waals surface area (Å²) in [5.74, 6) is 0.317. The number of rotatable bonds is 2. The molecular formula is C16H15NO2. The highest BCUT2D eigenvalue weighted by molar-refractivity contribution is 5.72. The highest BCUT2D eigenvalue weighted by Gasteiger charge is 2.31. The van der Waals surface area contributed by atoms with Gasteiger partial charge in [-0.2, -0.15) is 0 Å². The fourth-order valence-corrected chi connectivity index (χ4v) is 2.08. The predicted octanol–water partition coefficient (Wildman–Crippen LogP) is 3.39. The number of para-hydroxylation sites is 2. The Kier molecular flexibility index (Phi) is 2.64. The van der Waals surface area contributed by atoms with Crippen LogP contribution in [0.5, 0.6) is 0 Å². The van der Waals surface area contributed by atoms with Crippen LogP contribution in [0.1, 0.15) is 23.9 Å². The summed E-state index contributed by atoms with van der Waals surface area (Å²) in [4.78, 5) is 4.37. The molecule has 3 rings (SSSR count). The number of aryl methyl sites for hydroxylation is 1. The van der Waals surface area contributed by atoms with Gasteiger partial charge in [-0.1, -0.05) is 42.0 Å². The summed E-state index contributed by atoms with van der Waals surface area (Å²) in [5, 5.41) is 10.7. The number of aromatic nitrogens is 1. The Morgan fingerprint density at radius 3 is 2.42 bits per heavy atom. The monoisotopic (exact) mass is 253 g/mol. The van der Waals surface area contributed by atoms with Crippen LogP contribution in [0.2, 0.25) is 0 Å². The molecule has 1 atom stereocenters. The lowest BCUT2D eigenvalue weighted by Gasteiger charge is -2.19. The van der Waals surface area contributed by atoms with Crippen LogP contribution >= 0.6 is 0 Å². The topological polar surface area (TPSA) is 46.3 Å². The van der Waals surface area contributed by atoms with Crippen molar-refractivity contribution in [2.24, 2.45) is 0 Å². The van der Waals surface area contributed by atoms with E-state index in [0.29, 0.717) is 11.5 Å². The molecule has 0 bridgehead atoms. The third-order valence-corrected chi connectivity index (χ3v) is 3.32. The van der Waals surface area contributed by atoms with Crippen LogP contribution in [-0.2, 0) is 5.60 Å². The van der Waals surface area contributed by atoms with Crippen molar-refractivity contribution in [1.82, 2.24) is 4.98 Å². The second-order valence-corrected chi connectivity index (χ2v) is 4.92. The Balaban J connectivity index is 2.10. The van der Waals surface area contributed by atoms with Crippen molar-refractivity contribution in [1.29, 1.82) is 0 Å². The minimum atomic E-state index is -1.23. The van der Waals surface area contributed by atoms with Gasteiger partial charge in [0.1, 0.15) is 5.52 Å². The minimum absolute atomic E-state index is 0.317. The van der Waals surface area contributed by atoms with Gasteiger partial charge in [0.25, 0.3) is 0 Å². The van der Waals surface area contributed by atoms with Gasteiger partial charge >= 0.3 is 0 Å². The first kappa shape index (κ1) is 11.9. The third-order valence-electron chi connectivity index (χ3n) is 3.32. The molecule has 0 aliphatic rings. The fraction of sp³-hybridized carbons (Fsp3) is 0.188. The van der Waals surface area contributed by atoms with Crippen LogP contribution in [0.25, 0.3) is 11.1 Å². The normalized spacial score (nSPS) is 14.5. The predicted molar refractivity (Wildman–Crippen MR) is 73.9 cm³/mol. The number of hydrogen-bond acceptors (Lipinski definition) is 3. The average Bonchev–Trinajstić information content (AvgIpc) is 2.83. The Morgan fingerprint density at radius 2 is 1.74 bits per heavy atom. The van der Waals surface area contributed by atoms with Crippen LogP contribution < -0.4 is 0 Å². The van der Waals surface area contributed by atoms with Crippen molar-refractivity contribution in [3.8, 4) is 0 Å². The molecule has 96 valence electrons. The van der Waals surface area contributed by atoms with Gasteiger partial charge in [-0.15, -0.1) is 0 Å². The van der Waals surface area contributed by atoms with E-state index in [2.05, 4.69) is 4.98 Å². The van der Waals surface area contributed by atoms with E-state index < -0.39 is 5.60 Å². The highest BCUT2D eigenvalue weighted by atomic mass is 16.4. The van der Waals surface area contributed by atoms with E-state index in [1.165, 1.54) is 0 Å². The Bertz CT molecular complexity index is 678. The van der Waals surface area contributed by atoms with E-state index in [9.17, 15) is 5.11 Å². The molecule has 0 aliphatic carbocycles. The summed E-state index contributed by atoms with van der Waals surface area (Å²) in [6.07, 6.45) is 0. The second-order valence-electron chi connectivity index (χ2n) is 4.92. The van der Waals surface area contributed by atoms with Crippen molar-refractivity contribution in [3.63, 3.8) is 0 Å². The summed E-state index contributed by atoms with van der Waals surface area (Å²) < 4.78 is 5.66. The van der Waals surface area contributed by atoms with Gasteiger partial charge in [0.05, 0.1) is 0 Å². The van der Waals surface area contributed by atoms with Crippen LogP contribution in [0.15, 0.2) is 52.9 Å². The van der Waals surface area contributed by atoms with E-state index in [0.717, 1.165) is 16.6 Å². The van der Waals surface area contributed by atoms with Gasteiger partial charge in [0.15, 0.2) is 11.2 Å². The van der Waals surface area contributed by atoms with Crippen LogP contribution in [0.3, 0.4) is 0 Å². The van der Waals surface area contributed by atoms with Crippen molar-refractivity contribution in [2.45, 2.75) is 19.4 Å². The number of aliphatic hydroxyl groups is 1. The molecule has 0 saturated carbocycles. The van der Waals surface area contributed by atoms with Gasteiger partial charge in [0.2, 0.25) is 5.89 Å². The van der Waals surface area contributed by atoms with Crippen LogP contribution in [0, 0.1) is 6.92 Å². The molecule has 0 aliphatic heterocycles. The van der Waals surface area contributed by atoms with E-state index >= 15 is 0 Å². The molecule has 0 amide bonds. The van der Waals surface area contributed by atoms with Crippen LogP contribution in [0.4, 0.5) is 0 Å². The highest BCUT2D eigenvalue weighted by Crippen LogP contribution is 2.30. The molecule has 1 N–H and O–H groups in total. The summed E-state index contributed by atoms with van der Waals surface area (Å²) >= 11 is 0. The Labute approximate surface area is 111 Å². The molecule has 0 fully saturated rings. The molecule has 1 unspecified atom stereocenters. The zero-order valence-electron chi connectivity index (χ0n) is 10.9. The zero-order valence-corrected chi connectivity index (χ0v) is 10.9. The maximum atomic E-state index is 10.7. The van der Waals surface area contributed by atoms with Gasteiger partial charge in [0, 0.05) is 0 Å². The molecule has 0 radical (unpaired) electrons. The number of hydrogen-bond donors (Lipinski definition) is 1. The third kappa shape index (κ3) is 2.02. The van der Waals surface area contributed by atoms with Crippen molar-refractivity contribution in [3.05, 3.63) is 65.5 Å². The van der Waals surface area contributed by atoms with Crippen molar-refractivity contribution in [2.75, 3.05) is 0 Å². The molecule has 3 heteroatoms. The molecule has 0 spiro atoms. The smallest absolute Gasteiger partial charge is 0.231 e. The lowest BCUT2D eigenvalue weighted by atomic mass is 9.95. The van der Waals surface area contributed by atoms with Gasteiger partial charge < -0.3 is 9.52 Å². The van der Waals surface area contributed by atoms with E-state index in [1.54, 1.807) is 6.92 Å². The summed E-state index contributed by atoms with van der Waals surface area (Å²) in [5.41, 5.74) is 2.13. The van der Waals surface area contributed by atoms with Gasteiger partial charge in [-0.25, -0.2) is 4.98 Å².